The zero-order chi connectivity index (χ0) is 36.2. The van der Waals surface area contributed by atoms with E-state index < -0.39 is 12.2 Å². The fourth-order valence-corrected chi connectivity index (χ4v) is 7.52. The Labute approximate surface area is 301 Å². The van der Waals surface area contributed by atoms with Crippen LogP contribution in [0.3, 0.4) is 0 Å². The van der Waals surface area contributed by atoms with Gasteiger partial charge >= 0.3 is 12.2 Å². The Kier molecular flexibility index (Phi) is 10.0. The van der Waals surface area contributed by atoms with Crippen molar-refractivity contribution in [1.29, 1.82) is 0 Å². The predicted molar refractivity (Wildman–Crippen MR) is 196 cm³/mol. The molecule has 4 heterocycles. The summed E-state index contributed by atoms with van der Waals surface area (Å²) in [6, 6.07) is 20.8. The van der Waals surface area contributed by atoms with Crippen molar-refractivity contribution in [2.75, 3.05) is 40.4 Å². The van der Waals surface area contributed by atoms with Gasteiger partial charge < -0.3 is 34.9 Å². The average molecular weight is 704 g/mol. The van der Waals surface area contributed by atoms with Crippen molar-refractivity contribution in [1.82, 2.24) is 30.4 Å². The number of benzene rings is 3. The Morgan fingerprint density at radius 3 is 2.00 bits per heavy atom. The highest BCUT2D eigenvalue weighted by atomic mass is 16.5. The largest absolute Gasteiger partial charge is 0.453 e. The Morgan fingerprint density at radius 1 is 0.769 bits per heavy atom. The molecule has 4 amide bonds. The molecule has 52 heavy (non-hydrogen) atoms. The number of amides is 4. The fraction of sp³-hybridized carbons (Fsp3) is 0.333. The number of hydrogen-bond donors (Lipinski definition) is 3. The standard InChI is InChI=1S/C39H41N7O6/c1-51-38(49)42-22-35(47)45-17-5-9-33(45)31-19-26(20-40-31)24-11-13-25(14-12-24)27-15-16-30(29-8-4-3-7-28(27)29)32-21-41-37(44-32)34-10-6-18-46(34)36(48)23-43-39(50)52-2/h3-4,7-8,11-16,20-21,33-34H,5-6,9-10,17-19,22-23H2,1-2H3,(H,41,44)(H,42,49)(H,43,50)/t33-,34-/m0/s1. The van der Waals surface area contributed by atoms with Gasteiger partial charge in [-0.2, -0.15) is 0 Å². The number of hydrogen-bond acceptors (Lipinski definition) is 8. The van der Waals surface area contributed by atoms with Crippen LogP contribution < -0.4 is 10.6 Å². The van der Waals surface area contributed by atoms with Crippen molar-refractivity contribution in [3.63, 3.8) is 0 Å². The number of carbonyl (C=O) groups is 4. The number of ether oxygens (including phenoxy) is 2. The van der Waals surface area contributed by atoms with Crippen LogP contribution in [0.5, 0.6) is 0 Å². The van der Waals surface area contributed by atoms with Crippen molar-refractivity contribution in [2.24, 2.45) is 4.99 Å². The summed E-state index contributed by atoms with van der Waals surface area (Å²) >= 11 is 0. The van der Waals surface area contributed by atoms with Crippen LogP contribution in [-0.4, -0.2) is 95.9 Å². The molecule has 0 saturated carbocycles. The summed E-state index contributed by atoms with van der Waals surface area (Å²) in [5.74, 6) is 0.403. The van der Waals surface area contributed by atoms with Gasteiger partial charge in [0.2, 0.25) is 11.8 Å². The Hall–Kier alpha value is -5.98. The molecule has 2 saturated heterocycles. The third kappa shape index (κ3) is 6.98. The van der Waals surface area contributed by atoms with Gasteiger partial charge in [0.1, 0.15) is 18.9 Å². The van der Waals surface area contributed by atoms with Gasteiger partial charge in [0, 0.05) is 37.0 Å². The maximum absolute atomic E-state index is 12.9. The van der Waals surface area contributed by atoms with Gasteiger partial charge in [0.05, 0.1) is 38.2 Å². The number of nitrogens with one attached hydrogen (secondary N) is 3. The van der Waals surface area contributed by atoms with Crippen molar-refractivity contribution in [3.8, 4) is 22.4 Å². The van der Waals surface area contributed by atoms with E-state index >= 15 is 0 Å². The minimum Gasteiger partial charge on any atom is -0.453 e. The molecule has 0 spiro atoms. The number of carbonyl (C=O) groups excluding carboxylic acids is 4. The molecule has 3 N–H and O–H groups in total. The molecule has 3 aliphatic rings. The smallest absolute Gasteiger partial charge is 0.407 e. The summed E-state index contributed by atoms with van der Waals surface area (Å²) < 4.78 is 9.20. The lowest BCUT2D eigenvalue weighted by molar-refractivity contribution is -0.131. The quantitative estimate of drug-likeness (QED) is 0.209. The lowest BCUT2D eigenvalue weighted by Crippen LogP contribution is -2.45. The Bertz CT molecular complexity index is 2070. The summed E-state index contributed by atoms with van der Waals surface area (Å²) in [5.41, 5.74) is 7.22. The van der Waals surface area contributed by atoms with Gasteiger partial charge in [-0.1, -0.05) is 60.7 Å². The number of rotatable bonds is 9. The van der Waals surface area contributed by atoms with E-state index in [1.165, 1.54) is 14.2 Å². The van der Waals surface area contributed by atoms with Crippen molar-refractivity contribution in [3.05, 3.63) is 84.4 Å². The van der Waals surface area contributed by atoms with E-state index in [2.05, 4.69) is 73.6 Å². The van der Waals surface area contributed by atoms with Gasteiger partial charge in [-0.15, -0.1) is 0 Å². The molecule has 4 aromatic rings. The van der Waals surface area contributed by atoms with Crippen LogP contribution >= 0.6 is 0 Å². The monoisotopic (exact) mass is 703 g/mol. The van der Waals surface area contributed by atoms with Gasteiger partial charge in [0.25, 0.3) is 0 Å². The zero-order valence-corrected chi connectivity index (χ0v) is 29.2. The maximum atomic E-state index is 12.9. The van der Waals surface area contributed by atoms with Gasteiger partial charge in [-0.3, -0.25) is 14.6 Å². The SMILES string of the molecule is COC(=O)NCC(=O)N1CCC[C@H]1C1=NC=C(c2ccc(-c3ccc(-c4cnc([C@@H]5CCCN5C(=O)CNC(=O)OC)[nH]4)c4ccccc34)cc2)C1. The summed E-state index contributed by atoms with van der Waals surface area (Å²) in [5, 5.41) is 7.15. The Morgan fingerprint density at radius 2 is 1.35 bits per heavy atom. The first-order valence-electron chi connectivity index (χ1n) is 17.5. The van der Waals surface area contributed by atoms with Crippen LogP contribution in [0, 0.1) is 0 Å². The number of aromatic nitrogens is 2. The van der Waals surface area contributed by atoms with E-state index in [0.29, 0.717) is 19.5 Å². The molecular formula is C39H41N7O6. The van der Waals surface area contributed by atoms with Crippen molar-refractivity contribution in [2.45, 2.75) is 44.2 Å². The van der Waals surface area contributed by atoms with Crippen molar-refractivity contribution >= 4 is 46.1 Å². The van der Waals surface area contributed by atoms with Gasteiger partial charge in [-0.25, -0.2) is 14.6 Å². The van der Waals surface area contributed by atoms with E-state index in [-0.39, 0.29) is 37.0 Å². The van der Waals surface area contributed by atoms with E-state index in [1.54, 1.807) is 4.90 Å². The van der Waals surface area contributed by atoms with Crippen LogP contribution in [0.1, 0.15) is 49.5 Å². The average Bonchev–Trinajstić information content (AvgIpc) is 4.02. The molecule has 7 rings (SSSR count). The number of methoxy groups -OCH3 is 2. The van der Waals surface area contributed by atoms with Crippen LogP contribution in [0.15, 0.2) is 78.1 Å². The number of allylic oxidation sites excluding steroid dienone is 1. The summed E-state index contributed by atoms with van der Waals surface area (Å²) in [6.45, 7) is 1.01. The molecule has 3 aromatic carbocycles. The minimum absolute atomic E-state index is 0.0780. The van der Waals surface area contributed by atoms with Crippen LogP contribution in [0.25, 0.3) is 38.7 Å². The normalized spacial score (nSPS) is 18.3. The number of aliphatic imine (C=N–C) groups is 1. The number of likely N-dealkylation sites (tertiary alicyclic amines) is 2. The molecule has 3 aliphatic heterocycles. The molecule has 0 aliphatic carbocycles. The summed E-state index contributed by atoms with van der Waals surface area (Å²) in [6.07, 6.45) is 6.51. The number of fused-ring (bicyclic) bond motifs is 1. The first-order valence-corrected chi connectivity index (χ1v) is 17.5. The lowest BCUT2D eigenvalue weighted by atomic mass is 9.92. The molecule has 268 valence electrons. The molecule has 13 nitrogen and oxygen atoms in total. The lowest BCUT2D eigenvalue weighted by Gasteiger charge is -2.25. The second-order valence-electron chi connectivity index (χ2n) is 13.1. The maximum Gasteiger partial charge on any atom is 0.407 e. The van der Waals surface area contributed by atoms with E-state index in [9.17, 15) is 19.2 Å². The number of alkyl carbamates (subject to hydrolysis) is 2. The van der Waals surface area contributed by atoms with E-state index in [1.807, 2.05) is 29.4 Å². The molecule has 1 aromatic heterocycles. The number of imidazole rings is 1. The molecule has 0 bridgehead atoms. The highest BCUT2D eigenvalue weighted by Gasteiger charge is 2.34. The first-order chi connectivity index (χ1) is 25.3. The second kappa shape index (κ2) is 15.1. The predicted octanol–water partition coefficient (Wildman–Crippen LogP) is 5.45. The summed E-state index contributed by atoms with van der Waals surface area (Å²) in [4.78, 5) is 65.2. The van der Waals surface area contributed by atoms with E-state index in [0.717, 1.165) is 81.5 Å². The Balaban J connectivity index is 1.05. The van der Waals surface area contributed by atoms with Crippen LogP contribution in [0.2, 0.25) is 0 Å². The van der Waals surface area contributed by atoms with Gasteiger partial charge in [0.15, 0.2) is 0 Å². The third-order valence-corrected chi connectivity index (χ3v) is 10.1. The number of nitrogens with zero attached hydrogens (tertiary/aromatic N) is 4. The molecular weight excluding hydrogens is 662 g/mol. The topological polar surface area (TPSA) is 158 Å². The van der Waals surface area contributed by atoms with Gasteiger partial charge in [-0.05, 0) is 58.7 Å². The second-order valence-corrected chi connectivity index (χ2v) is 13.1. The molecule has 13 heteroatoms. The number of aromatic amines is 1. The molecule has 2 fully saturated rings. The molecule has 2 atom stereocenters. The highest BCUT2D eigenvalue weighted by molar-refractivity contribution is 6.05. The first kappa shape index (κ1) is 34.5. The van der Waals surface area contributed by atoms with Crippen molar-refractivity contribution < 1.29 is 28.7 Å². The van der Waals surface area contributed by atoms with E-state index in [4.69, 9.17) is 9.98 Å². The third-order valence-electron chi connectivity index (χ3n) is 10.1. The fourth-order valence-electron chi connectivity index (χ4n) is 7.52. The molecule has 0 radical (unpaired) electrons. The minimum atomic E-state index is -0.638. The zero-order valence-electron chi connectivity index (χ0n) is 29.2. The highest BCUT2D eigenvalue weighted by Crippen LogP contribution is 2.38. The number of H-pyrrole nitrogens is 1. The van der Waals surface area contributed by atoms with Crippen LogP contribution in [0.4, 0.5) is 9.59 Å². The van der Waals surface area contributed by atoms with Crippen LogP contribution in [-0.2, 0) is 19.1 Å². The molecule has 0 unspecified atom stereocenters. The summed E-state index contributed by atoms with van der Waals surface area (Å²) in [7, 11) is 2.54.